The van der Waals surface area contributed by atoms with Crippen molar-refractivity contribution in [3.05, 3.63) is 59.7 Å². The molecule has 1 aliphatic heterocycles. The second-order valence-electron chi connectivity index (χ2n) is 8.38. The zero-order valence-electron chi connectivity index (χ0n) is 18.8. The number of rotatable bonds is 8. The molecule has 7 heteroatoms. The van der Waals surface area contributed by atoms with Crippen molar-refractivity contribution in [3.8, 4) is 11.5 Å². The van der Waals surface area contributed by atoms with Crippen LogP contribution >= 0.6 is 0 Å². The van der Waals surface area contributed by atoms with Gasteiger partial charge in [0.2, 0.25) is 0 Å². The topological polar surface area (TPSA) is 75.2 Å². The molecule has 1 saturated heterocycles. The van der Waals surface area contributed by atoms with Gasteiger partial charge < -0.3 is 25.0 Å². The molecule has 2 N–H and O–H groups in total. The summed E-state index contributed by atoms with van der Waals surface area (Å²) in [6.07, 6.45) is 3.25. The van der Waals surface area contributed by atoms with Gasteiger partial charge in [-0.05, 0) is 54.7 Å². The number of methoxy groups -OCH3 is 1. The maximum atomic E-state index is 11.8. The molecule has 0 radical (unpaired) electrons. The van der Waals surface area contributed by atoms with Gasteiger partial charge in [-0.25, -0.2) is 0 Å². The van der Waals surface area contributed by atoms with E-state index >= 15 is 0 Å². The highest BCUT2D eigenvalue weighted by atomic mass is 16.5. The van der Waals surface area contributed by atoms with E-state index < -0.39 is 0 Å². The van der Waals surface area contributed by atoms with Crippen LogP contribution in [0, 0.1) is 0 Å². The highest BCUT2D eigenvalue weighted by molar-refractivity contribution is 5.80. The van der Waals surface area contributed by atoms with Gasteiger partial charge in [0.15, 0.2) is 12.6 Å². The first-order chi connectivity index (χ1) is 15.6. The van der Waals surface area contributed by atoms with Gasteiger partial charge in [0.1, 0.15) is 11.5 Å². The second kappa shape index (κ2) is 10.4. The first kappa shape index (κ1) is 22.0. The quantitative estimate of drug-likeness (QED) is 0.492. The van der Waals surface area contributed by atoms with Crippen LogP contribution in [0.15, 0.2) is 53.5 Å². The molecular weight excluding hydrogens is 404 g/mol. The molecule has 170 valence electrons. The molecule has 2 aromatic carbocycles. The van der Waals surface area contributed by atoms with Crippen molar-refractivity contribution in [2.75, 3.05) is 33.9 Å². The predicted molar refractivity (Wildman–Crippen MR) is 125 cm³/mol. The average molecular weight is 437 g/mol. The van der Waals surface area contributed by atoms with Crippen LogP contribution in [-0.4, -0.2) is 56.7 Å². The van der Waals surface area contributed by atoms with Crippen molar-refractivity contribution < 1.29 is 14.3 Å². The number of benzene rings is 2. The number of nitrogens with one attached hydrogen (secondary N) is 2. The van der Waals surface area contributed by atoms with Crippen LogP contribution in [0.25, 0.3) is 0 Å². The first-order valence-electron chi connectivity index (χ1n) is 11.2. The second-order valence-corrected chi connectivity index (χ2v) is 8.38. The minimum Gasteiger partial charge on any atom is -0.497 e. The molecule has 0 bridgehead atoms. The molecule has 2 fully saturated rings. The molecule has 4 rings (SSSR count). The van der Waals surface area contributed by atoms with Crippen LogP contribution < -0.4 is 20.1 Å². The molecule has 0 aromatic heterocycles. The molecule has 32 heavy (non-hydrogen) atoms. The van der Waals surface area contributed by atoms with E-state index in [2.05, 4.69) is 32.7 Å². The van der Waals surface area contributed by atoms with Gasteiger partial charge in [-0.1, -0.05) is 24.3 Å². The van der Waals surface area contributed by atoms with E-state index in [0.29, 0.717) is 24.3 Å². The smallest absolute Gasteiger partial charge is 0.258 e. The number of carbonyl (C=O) groups excluding carboxylic acids is 1. The lowest BCUT2D eigenvalue weighted by atomic mass is 9.98. The van der Waals surface area contributed by atoms with Gasteiger partial charge in [-0.2, -0.15) is 0 Å². The highest BCUT2D eigenvalue weighted by Crippen LogP contribution is 2.28. The lowest BCUT2D eigenvalue weighted by molar-refractivity contribution is -0.123. The Balaban J connectivity index is 1.27. The van der Waals surface area contributed by atoms with Crippen LogP contribution in [0.2, 0.25) is 0 Å². The van der Waals surface area contributed by atoms with Crippen LogP contribution in [0.4, 0.5) is 0 Å². The summed E-state index contributed by atoms with van der Waals surface area (Å²) < 4.78 is 10.9. The first-order valence-corrected chi connectivity index (χ1v) is 11.2. The number of hydrogen-bond acceptors (Lipinski definition) is 4. The molecule has 1 unspecified atom stereocenters. The standard InChI is InChI=1S/C25H32N4O3/c1-26-25(29-13-12-20(16-29)19-6-10-22(31-2)11-7-19)27-15-18-4-3-5-23(14-18)32-17-24(30)28-21-8-9-21/h3-7,10-11,14,20-21H,8-9,12-13,15-17H2,1-2H3,(H,26,27)(H,28,30). The molecule has 0 spiro atoms. The van der Waals surface area contributed by atoms with Crippen molar-refractivity contribution in [2.24, 2.45) is 4.99 Å². The van der Waals surface area contributed by atoms with Crippen molar-refractivity contribution in [2.45, 2.75) is 37.8 Å². The Morgan fingerprint density at radius 2 is 1.94 bits per heavy atom. The van der Waals surface area contributed by atoms with Crippen molar-refractivity contribution in [1.82, 2.24) is 15.5 Å². The Hall–Kier alpha value is -3.22. The third kappa shape index (κ3) is 5.93. The fraction of sp³-hybridized carbons (Fsp3) is 0.440. The number of carbonyl (C=O) groups is 1. The van der Waals surface area contributed by atoms with Crippen LogP contribution in [0.5, 0.6) is 11.5 Å². The fourth-order valence-electron chi connectivity index (χ4n) is 4.01. The maximum Gasteiger partial charge on any atom is 0.258 e. The Morgan fingerprint density at radius 1 is 1.12 bits per heavy atom. The Labute approximate surface area is 189 Å². The van der Waals surface area contributed by atoms with Crippen molar-refractivity contribution >= 4 is 11.9 Å². The summed E-state index contributed by atoms with van der Waals surface area (Å²) in [6.45, 7) is 2.60. The van der Waals surface area contributed by atoms with E-state index in [0.717, 1.165) is 49.6 Å². The van der Waals surface area contributed by atoms with Gasteiger partial charge in [-0.15, -0.1) is 0 Å². The summed E-state index contributed by atoms with van der Waals surface area (Å²) in [5.74, 6) is 2.91. The molecule has 1 atom stereocenters. The molecule has 1 saturated carbocycles. The lowest BCUT2D eigenvalue weighted by Crippen LogP contribution is -2.39. The Bertz CT molecular complexity index is 940. The monoisotopic (exact) mass is 436 g/mol. The molecule has 1 heterocycles. The predicted octanol–water partition coefficient (Wildman–Crippen LogP) is 2.92. The number of guanidine groups is 1. The summed E-state index contributed by atoms with van der Waals surface area (Å²) in [4.78, 5) is 18.6. The van der Waals surface area contributed by atoms with Gasteiger partial charge in [0, 0.05) is 38.6 Å². The normalized spacial score (nSPS) is 18.4. The molecule has 1 amide bonds. The van der Waals surface area contributed by atoms with E-state index in [1.165, 1.54) is 5.56 Å². The van der Waals surface area contributed by atoms with E-state index in [-0.39, 0.29) is 12.5 Å². The summed E-state index contributed by atoms with van der Waals surface area (Å²) in [6, 6.07) is 16.5. The number of hydrogen-bond donors (Lipinski definition) is 2. The Kier molecular flexibility index (Phi) is 7.14. The van der Waals surface area contributed by atoms with Gasteiger partial charge in [0.25, 0.3) is 5.91 Å². The summed E-state index contributed by atoms with van der Waals surface area (Å²) >= 11 is 0. The van der Waals surface area contributed by atoms with Gasteiger partial charge >= 0.3 is 0 Å². The Morgan fingerprint density at radius 3 is 2.66 bits per heavy atom. The van der Waals surface area contributed by atoms with Crippen LogP contribution in [0.3, 0.4) is 0 Å². The van der Waals surface area contributed by atoms with E-state index in [1.54, 1.807) is 7.11 Å². The van der Waals surface area contributed by atoms with Crippen molar-refractivity contribution in [3.63, 3.8) is 0 Å². The number of nitrogens with zero attached hydrogens (tertiary/aromatic N) is 2. The van der Waals surface area contributed by atoms with Gasteiger partial charge in [-0.3, -0.25) is 9.79 Å². The largest absolute Gasteiger partial charge is 0.497 e. The lowest BCUT2D eigenvalue weighted by Gasteiger charge is -2.22. The number of likely N-dealkylation sites (tertiary alicyclic amines) is 1. The number of aliphatic imine (C=N–C) groups is 1. The molecule has 7 nitrogen and oxygen atoms in total. The summed E-state index contributed by atoms with van der Waals surface area (Å²) in [7, 11) is 3.51. The number of ether oxygens (including phenoxy) is 2. The molecule has 2 aliphatic rings. The SMILES string of the molecule is CN=C(NCc1cccc(OCC(=O)NC2CC2)c1)N1CCC(c2ccc(OC)cc2)C1. The third-order valence-electron chi connectivity index (χ3n) is 5.95. The third-order valence-corrected chi connectivity index (χ3v) is 5.95. The summed E-state index contributed by atoms with van der Waals surface area (Å²) in [5.41, 5.74) is 2.41. The number of amides is 1. The van der Waals surface area contributed by atoms with E-state index in [9.17, 15) is 4.79 Å². The van der Waals surface area contributed by atoms with Gasteiger partial charge in [0.05, 0.1) is 7.11 Å². The summed E-state index contributed by atoms with van der Waals surface area (Å²) in [5, 5.41) is 6.40. The zero-order chi connectivity index (χ0) is 22.3. The highest BCUT2D eigenvalue weighted by Gasteiger charge is 2.26. The van der Waals surface area contributed by atoms with Crippen LogP contribution in [-0.2, 0) is 11.3 Å². The van der Waals surface area contributed by atoms with E-state index in [1.807, 2.05) is 43.4 Å². The molecule has 2 aromatic rings. The molecular formula is C25H32N4O3. The van der Waals surface area contributed by atoms with Crippen LogP contribution in [0.1, 0.15) is 36.3 Å². The minimum atomic E-state index is -0.0584. The average Bonchev–Trinajstić information content (AvgIpc) is 3.50. The molecule has 1 aliphatic carbocycles. The fourth-order valence-corrected chi connectivity index (χ4v) is 4.01. The van der Waals surface area contributed by atoms with Crippen molar-refractivity contribution in [1.29, 1.82) is 0 Å². The zero-order valence-corrected chi connectivity index (χ0v) is 18.8. The van der Waals surface area contributed by atoms with E-state index in [4.69, 9.17) is 9.47 Å². The minimum absolute atomic E-state index is 0.0512. The maximum absolute atomic E-state index is 11.8.